The molecule has 160 valence electrons. The molecule has 0 aliphatic heterocycles. The van der Waals surface area contributed by atoms with Gasteiger partial charge in [-0.15, -0.1) is 0 Å². The average Bonchev–Trinajstić information content (AvgIpc) is 2.67. The third kappa shape index (κ3) is 5.93. The Morgan fingerprint density at radius 1 is 0.645 bits per heavy atom. The van der Waals surface area contributed by atoms with Gasteiger partial charge in [-0.25, -0.2) is 0 Å². The first-order valence-electron chi connectivity index (χ1n) is 7.56. The summed E-state index contributed by atoms with van der Waals surface area (Å²) in [4.78, 5) is 50.3. The molecular formula is C14H7N5O10S2. The number of nitro benzene ring substituents is 4. The lowest BCUT2D eigenvalue weighted by atomic mass is 10.3. The molecule has 0 saturated heterocycles. The minimum Gasteiger partial charge on any atom is -0.259 e. The molecule has 0 spiro atoms. The van der Waals surface area contributed by atoms with Gasteiger partial charge in [-0.1, -0.05) is 23.5 Å². The number of rotatable bonds is 9. The lowest BCUT2D eigenvalue weighted by Gasteiger charge is -2.06. The van der Waals surface area contributed by atoms with Crippen LogP contribution in [-0.4, -0.2) is 24.6 Å². The summed E-state index contributed by atoms with van der Waals surface area (Å²) in [5.41, 5.74) is -2.55. The summed E-state index contributed by atoms with van der Waals surface area (Å²) in [5, 5.41) is 55.2. The summed E-state index contributed by atoms with van der Waals surface area (Å²) >= 11 is 0.960. The van der Waals surface area contributed by atoms with E-state index in [2.05, 4.69) is 0 Å². The number of hydrogen-bond acceptors (Lipinski definition) is 12. The van der Waals surface area contributed by atoms with Crippen LogP contribution in [0.1, 0.15) is 0 Å². The smallest absolute Gasteiger partial charge is 0.259 e. The predicted octanol–water partition coefficient (Wildman–Crippen LogP) is 4.28. The van der Waals surface area contributed by atoms with Crippen LogP contribution in [0.2, 0.25) is 0 Å². The molecule has 31 heavy (non-hydrogen) atoms. The van der Waals surface area contributed by atoms with Crippen molar-refractivity contribution in [3.05, 3.63) is 97.4 Å². The SMILES string of the molecule is O=[N+]([O-])C=C(Sc1ccc([N+](=O)[O-])cc1[N+](=O)[O-])Sc1ccc([N+](=O)[O-])cc1[N+](=O)[O-]. The van der Waals surface area contributed by atoms with E-state index in [4.69, 9.17) is 0 Å². The van der Waals surface area contributed by atoms with Gasteiger partial charge in [0.25, 0.3) is 28.9 Å². The highest BCUT2D eigenvalue weighted by Gasteiger charge is 2.25. The quantitative estimate of drug-likeness (QED) is 0.285. The predicted molar refractivity (Wildman–Crippen MR) is 106 cm³/mol. The van der Waals surface area contributed by atoms with Gasteiger partial charge in [0.05, 0.1) is 46.5 Å². The fraction of sp³-hybridized carbons (Fsp3) is 0. The van der Waals surface area contributed by atoms with Crippen molar-refractivity contribution in [2.75, 3.05) is 0 Å². The second-order valence-electron chi connectivity index (χ2n) is 5.27. The highest BCUT2D eigenvalue weighted by atomic mass is 32.2. The molecule has 0 radical (unpaired) electrons. The van der Waals surface area contributed by atoms with E-state index in [0.29, 0.717) is 41.9 Å². The molecular weight excluding hydrogens is 462 g/mol. The van der Waals surface area contributed by atoms with Crippen molar-refractivity contribution >= 4 is 46.3 Å². The van der Waals surface area contributed by atoms with Crippen LogP contribution in [0.3, 0.4) is 0 Å². The van der Waals surface area contributed by atoms with Gasteiger partial charge in [0.2, 0.25) is 0 Å². The van der Waals surface area contributed by atoms with Crippen molar-refractivity contribution in [1.29, 1.82) is 0 Å². The van der Waals surface area contributed by atoms with Crippen molar-refractivity contribution in [2.24, 2.45) is 0 Å². The monoisotopic (exact) mass is 469 g/mol. The fourth-order valence-electron chi connectivity index (χ4n) is 2.07. The molecule has 15 nitrogen and oxygen atoms in total. The first kappa shape index (κ1) is 23.2. The Labute approximate surface area is 178 Å². The molecule has 0 fully saturated rings. The number of benzene rings is 2. The minimum absolute atomic E-state index is 0.194. The fourth-order valence-corrected chi connectivity index (χ4v) is 4.24. The summed E-state index contributed by atoms with van der Waals surface area (Å²) in [7, 11) is 0. The van der Waals surface area contributed by atoms with Gasteiger partial charge in [0, 0.05) is 12.1 Å². The Bertz CT molecular complexity index is 1070. The van der Waals surface area contributed by atoms with E-state index >= 15 is 0 Å². The van der Waals surface area contributed by atoms with Gasteiger partial charge >= 0.3 is 0 Å². The number of nitro groups is 5. The van der Waals surface area contributed by atoms with Crippen LogP contribution in [0.5, 0.6) is 0 Å². The summed E-state index contributed by atoms with van der Waals surface area (Å²) in [6.45, 7) is 0. The number of non-ortho nitro benzene ring substituents is 2. The van der Waals surface area contributed by atoms with Crippen molar-refractivity contribution in [1.82, 2.24) is 0 Å². The second-order valence-corrected chi connectivity index (χ2v) is 7.70. The van der Waals surface area contributed by atoms with Crippen LogP contribution in [0.15, 0.2) is 56.6 Å². The van der Waals surface area contributed by atoms with Gasteiger partial charge in [0.15, 0.2) is 0 Å². The van der Waals surface area contributed by atoms with Crippen LogP contribution in [0.4, 0.5) is 22.7 Å². The molecule has 2 rings (SSSR count). The highest BCUT2D eigenvalue weighted by Crippen LogP contribution is 2.46. The van der Waals surface area contributed by atoms with Gasteiger partial charge in [-0.3, -0.25) is 50.6 Å². The first-order valence-corrected chi connectivity index (χ1v) is 9.19. The van der Waals surface area contributed by atoms with Crippen molar-refractivity contribution in [3.63, 3.8) is 0 Å². The molecule has 0 N–H and O–H groups in total. The van der Waals surface area contributed by atoms with Crippen LogP contribution in [0, 0.1) is 50.6 Å². The molecule has 0 aliphatic carbocycles. The zero-order chi connectivity index (χ0) is 23.3. The Morgan fingerprint density at radius 3 is 1.32 bits per heavy atom. The Hall–Kier alpha value is -4.12. The Morgan fingerprint density at radius 2 is 1.03 bits per heavy atom. The van der Waals surface area contributed by atoms with Crippen molar-refractivity contribution in [2.45, 2.75) is 9.79 Å². The van der Waals surface area contributed by atoms with E-state index in [1.54, 1.807) is 0 Å². The minimum atomic E-state index is -0.919. The summed E-state index contributed by atoms with van der Waals surface area (Å²) in [5.74, 6) is 0. The van der Waals surface area contributed by atoms with E-state index in [9.17, 15) is 50.6 Å². The molecule has 0 heterocycles. The highest BCUT2D eigenvalue weighted by molar-refractivity contribution is 8.22. The maximum absolute atomic E-state index is 11.3. The van der Waals surface area contributed by atoms with E-state index < -0.39 is 47.4 Å². The second kappa shape index (κ2) is 9.59. The number of hydrogen-bond donors (Lipinski definition) is 0. The van der Waals surface area contributed by atoms with E-state index in [1.165, 1.54) is 0 Å². The van der Waals surface area contributed by atoms with Crippen LogP contribution in [0.25, 0.3) is 0 Å². The summed E-state index contributed by atoms with van der Waals surface area (Å²) < 4.78 is -0.265. The Kier molecular flexibility index (Phi) is 7.16. The molecule has 2 aromatic rings. The lowest BCUT2D eigenvalue weighted by Crippen LogP contribution is -1.96. The molecule has 2 aromatic carbocycles. The van der Waals surface area contributed by atoms with Crippen LogP contribution >= 0.6 is 23.5 Å². The molecule has 0 aliphatic rings. The zero-order valence-electron chi connectivity index (χ0n) is 14.7. The molecule has 17 heteroatoms. The Balaban J connectivity index is 2.49. The maximum atomic E-state index is 11.3. The van der Waals surface area contributed by atoms with Crippen LogP contribution in [-0.2, 0) is 0 Å². The molecule has 0 saturated carbocycles. The largest absolute Gasteiger partial charge is 0.290 e. The molecule has 0 unspecified atom stereocenters. The number of thioether (sulfide) groups is 2. The summed E-state index contributed by atoms with van der Waals surface area (Å²) in [6, 6.07) is 5.28. The van der Waals surface area contributed by atoms with Crippen molar-refractivity contribution < 1.29 is 24.6 Å². The normalized spacial score (nSPS) is 10.2. The van der Waals surface area contributed by atoms with Crippen LogP contribution < -0.4 is 0 Å². The average molecular weight is 469 g/mol. The van der Waals surface area contributed by atoms with E-state index in [-0.39, 0.29) is 14.0 Å². The molecule has 0 amide bonds. The molecule has 0 bridgehead atoms. The van der Waals surface area contributed by atoms with Gasteiger partial charge < -0.3 is 0 Å². The standard InChI is InChI=1S/C14H7N5O10S2/c20-15(21)7-14(30-12-3-1-8(16(22)23)5-10(12)18(26)27)31-13-4-2-9(17(24)25)6-11(13)19(28)29/h1-7H. The topological polar surface area (TPSA) is 216 Å². The summed E-state index contributed by atoms with van der Waals surface area (Å²) in [6.07, 6.45) is 0.436. The first-order chi connectivity index (χ1) is 14.5. The van der Waals surface area contributed by atoms with E-state index in [0.717, 1.165) is 24.3 Å². The zero-order valence-corrected chi connectivity index (χ0v) is 16.3. The molecule has 0 atom stereocenters. The third-order valence-corrected chi connectivity index (χ3v) is 5.58. The van der Waals surface area contributed by atoms with Crippen molar-refractivity contribution in [3.8, 4) is 0 Å². The lowest BCUT2D eigenvalue weighted by molar-refractivity contribution is -0.402. The molecule has 0 aromatic heterocycles. The third-order valence-electron chi connectivity index (χ3n) is 3.33. The van der Waals surface area contributed by atoms with E-state index in [1.807, 2.05) is 0 Å². The van der Waals surface area contributed by atoms with Gasteiger partial charge in [0.1, 0.15) is 4.24 Å². The number of nitrogens with zero attached hydrogens (tertiary/aromatic N) is 5. The van der Waals surface area contributed by atoms with Gasteiger partial charge in [-0.05, 0) is 12.1 Å². The van der Waals surface area contributed by atoms with Gasteiger partial charge in [-0.2, -0.15) is 0 Å². The maximum Gasteiger partial charge on any atom is 0.290 e.